The second kappa shape index (κ2) is 8.84. The van der Waals surface area contributed by atoms with Gasteiger partial charge in [0.15, 0.2) is 10.6 Å². The fourth-order valence-electron chi connectivity index (χ4n) is 3.24. The second-order valence-electron chi connectivity index (χ2n) is 8.35. The molecule has 152 valence electrons. The van der Waals surface area contributed by atoms with Gasteiger partial charge in [0.2, 0.25) is 0 Å². The summed E-state index contributed by atoms with van der Waals surface area (Å²) in [6.45, 7) is 12.6. The van der Waals surface area contributed by atoms with Gasteiger partial charge in [-0.1, -0.05) is 51.1 Å². The Morgan fingerprint density at radius 2 is 1.90 bits per heavy atom. The smallest absolute Gasteiger partial charge is 0.199 e. The molecule has 0 N–H and O–H groups in total. The third kappa shape index (κ3) is 5.08. The Morgan fingerprint density at radius 3 is 2.48 bits per heavy atom. The molecule has 3 aromatic rings. The van der Waals surface area contributed by atoms with Crippen LogP contribution in [0.4, 0.5) is 0 Å². The van der Waals surface area contributed by atoms with Crippen LogP contribution in [0.25, 0.3) is 11.4 Å². The summed E-state index contributed by atoms with van der Waals surface area (Å²) in [6.07, 6.45) is 5.40. The Bertz CT molecular complexity index is 1010. The molecule has 2 aromatic heterocycles. The molecule has 0 saturated heterocycles. The molecule has 0 aliphatic carbocycles. The fourth-order valence-corrected chi connectivity index (χ4v) is 3.50. The van der Waals surface area contributed by atoms with Gasteiger partial charge in [-0.2, -0.15) is 5.10 Å². The van der Waals surface area contributed by atoms with E-state index in [1.165, 1.54) is 11.1 Å². The van der Waals surface area contributed by atoms with Gasteiger partial charge in [0.25, 0.3) is 0 Å². The molecule has 0 radical (unpaired) electrons. The van der Waals surface area contributed by atoms with Crippen molar-refractivity contribution >= 4 is 12.2 Å². The first kappa shape index (κ1) is 21.1. The normalized spacial score (nSPS) is 11.8. The van der Waals surface area contributed by atoms with E-state index in [1.54, 1.807) is 6.20 Å². The van der Waals surface area contributed by atoms with Gasteiger partial charge in [0.05, 0.1) is 6.67 Å². The Hall–Kier alpha value is -2.57. The zero-order valence-corrected chi connectivity index (χ0v) is 18.5. The quantitative estimate of drug-likeness (QED) is 0.406. The van der Waals surface area contributed by atoms with Crippen LogP contribution in [0.2, 0.25) is 0 Å². The van der Waals surface area contributed by atoms with Crippen molar-refractivity contribution in [2.24, 2.45) is 0 Å². The average molecular weight is 408 g/mol. The summed E-state index contributed by atoms with van der Waals surface area (Å²) >= 11 is 5.69. The van der Waals surface area contributed by atoms with E-state index >= 15 is 0 Å². The lowest BCUT2D eigenvalue weighted by molar-refractivity contribution is 0.244. The van der Waals surface area contributed by atoms with Gasteiger partial charge >= 0.3 is 0 Å². The largest absolute Gasteiger partial charge is 0.296 e. The molecule has 0 fully saturated rings. The molecule has 5 nitrogen and oxygen atoms in total. The summed E-state index contributed by atoms with van der Waals surface area (Å²) in [5, 5.41) is 4.77. The van der Waals surface area contributed by atoms with Crippen molar-refractivity contribution in [2.45, 2.75) is 45.9 Å². The minimum atomic E-state index is 0.165. The summed E-state index contributed by atoms with van der Waals surface area (Å²) in [5.41, 5.74) is 3.72. The molecule has 0 atom stereocenters. The summed E-state index contributed by atoms with van der Waals surface area (Å²) in [5.74, 6) is 0.811. The van der Waals surface area contributed by atoms with Crippen LogP contribution < -0.4 is 0 Å². The molecule has 3 rings (SSSR count). The minimum Gasteiger partial charge on any atom is -0.296 e. The molecule has 0 unspecified atom stereocenters. The van der Waals surface area contributed by atoms with Crippen molar-refractivity contribution in [3.63, 3.8) is 0 Å². The zero-order valence-electron chi connectivity index (χ0n) is 17.7. The standard InChI is InChI=1S/C23H29N5S/c1-6-14-27-21(19-8-7-13-24-15-19)25-28(22(27)29)17-26(5)16-18-9-11-20(12-10-18)23(2,3)4/h6-13,15H,1,14,16-17H2,2-5H3. The lowest BCUT2D eigenvalue weighted by Gasteiger charge is -2.20. The van der Waals surface area contributed by atoms with E-state index in [9.17, 15) is 0 Å². The Morgan fingerprint density at radius 1 is 1.17 bits per heavy atom. The van der Waals surface area contributed by atoms with Gasteiger partial charge in [-0.05, 0) is 47.9 Å². The second-order valence-corrected chi connectivity index (χ2v) is 8.71. The maximum absolute atomic E-state index is 5.69. The zero-order chi connectivity index (χ0) is 21.0. The number of aromatic nitrogens is 4. The molecule has 0 aliphatic heterocycles. The SMILES string of the molecule is C=CCn1c(-c2cccnc2)nn(CN(C)Cc2ccc(C(C)(C)C)cc2)c1=S. The van der Waals surface area contributed by atoms with Gasteiger partial charge in [-0.3, -0.25) is 14.5 Å². The number of benzene rings is 1. The summed E-state index contributed by atoms with van der Waals surface area (Å²) in [4.78, 5) is 6.42. The van der Waals surface area contributed by atoms with Crippen LogP contribution in [0.1, 0.15) is 31.9 Å². The molecule has 0 amide bonds. The molecule has 0 aliphatic rings. The predicted octanol–water partition coefficient (Wildman–Crippen LogP) is 5.05. The van der Waals surface area contributed by atoms with Crippen LogP contribution in [0.3, 0.4) is 0 Å². The maximum atomic E-state index is 5.69. The first-order chi connectivity index (χ1) is 13.8. The maximum Gasteiger partial charge on any atom is 0.199 e. The predicted molar refractivity (Wildman–Crippen MR) is 121 cm³/mol. The molecule has 0 saturated carbocycles. The summed E-state index contributed by atoms with van der Waals surface area (Å²) < 4.78 is 4.54. The van der Waals surface area contributed by atoms with Crippen LogP contribution in [0.15, 0.2) is 61.4 Å². The van der Waals surface area contributed by atoms with Gasteiger partial charge < -0.3 is 0 Å². The lowest BCUT2D eigenvalue weighted by atomic mass is 9.87. The van der Waals surface area contributed by atoms with E-state index in [4.69, 9.17) is 17.3 Å². The minimum absolute atomic E-state index is 0.165. The van der Waals surface area contributed by atoms with Crippen LogP contribution in [-0.2, 0) is 25.2 Å². The molecule has 29 heavy (non-hydrogen) atoms. The van der Waals surface area contributed by atoms with Crippen LogP contribution >= 0.6 is 12.2 Å². The molecule has 6 heteroatoms. The summed E-state index contributed by atoms with van der Waals surface area (Å²) in [7, 11) is 2.08. The van der Waals surface area contributed by atoms with Crippen molar-refractivity contribution in [1.29, 1.82) is 0 Å². The van der Waals surface area contributed by atoms with Crippen molar-refractivity contribution in [2.75, 3.05) is 7.05 Å². The van der Waals surface area contributed by atoms with Crippen molar-refractivity contribution in [3.05, 3.63) is 77.3 Å². The first-order valence-corrected chi connectivity index (χ1v) is 10.2. The molecule has 0 spiro atoms. The third-order valence-corrected chi connectivity index (χ3v) is 5.23. The van der Waals surface area contributed by atoms with E-state index in [0.717, 1.165) is 17.9 Å². The molecule has 2 heterocycles. The van der Waals surface area contributed by atoms with Crippen molar-refractivity contribution < 1.29 is 0 Å². The van der Waals surface area contributed by atoms with Crippen LogP contribution in [0.5, 0.6) is 0 Å². The Balaban J connectivity index is 1.79. The molecular formula is C23H29N5S. The van der Waals surface area contributed by atoms with Crippen LogP contribution in [-0.4, -0.2) is 31.3 Å². The molecule has 0 bridgehead atoms. The highest BCUT2D eigenvalue weighted by Crippen LogP contribution is 2.22. The van der Waals surface area contributed by atoms with Crippen molar-refractivity contribution in [1.82, 2.24) is 24.2 Å². The highest BCUT2D eigenvalue weighted by molar-refractivity contribution is 7.71. The fraction of sp³-hybridized carbons (Fsp3) is 0.348. The number of hydrogen-bond acceptors (Lipinski definition) is 4. The third-order valence-electron chi connectivity index (χ3n) is 4.80. The number of nitrogens with zero attached hydrogens (tertiary/aromatic N) is 5. The van der Waals surface area contributed by atoms with Crippen LogP contribution in [0, 0.1) is 4.77 Å². The first-order valence-electron chi connectivity index (χ1n) is 9.76. The van der Waals surface area contributed by atoms with E-state index in [-0.39, 0.29) is 5.41 Å². The monoisotopic (exact) mass is 407 g/mol. The van der Waals surface area contributed by atoms with Crippen molar-refractivity contribution in [3.8, 4) is 11.4 Å². The van der Waals surface area contributed by atoms with Gasteiger partial charge in [-0.25, -0.2) is 4.68 Å². The Kier molecular flexibility index (Phi) is 6.45. The molecule has 1 aromatic carbocycles. The van der Waals surface area contributed by atoms with E-state index < -0.39 is 0 Å². The van der Waals surface area contributed by atoms with Gasteiger partial charge in [0, 0.05) is 31.0 Å². The lowest BCUT2D eigenvalue weighted by Crippen LogP contribution is -2.22. The number of pyridine rings is 1. The highest BCUT2D eigenvalue weighted by atomic mass is 32.1. The highest BCUT2D eigenvalue weighted by Gasteiger charge is 2.15. The van der Waals surface area contributed by atoms with Gasteiger partial charge in [0.1, 0.15) is 0 Å². The number of allylic oxidation sites excluding steroid dienone is 1. The van der Waals surface area contributed by atoms with E-state index in [1.807, 2.05) is 33.7 Å². The topological polar surface area (TPSA) is 38.9 Å². The summed E-state index contributed by atoms with van der Waals surface area (Å²) in [6, 6.07) is 12.7. The van der Waals surface area contributed by atoms with Gasteiger partial charge in [-0.15, -0.1) is 6.58 Å². The number of hydrogen-bond donors (Lipinski definition) is 0. The Labute approximate surface area is 178 Å². The molecular weight excluding hydrogens is 378 g/mol. The van der Waals surface area contributed by atoms with E-state index in [0.29, 0.717) is 18.0 Å². The van der Waals surface area contributed by atoms with E-state index in [2.05, 4.69) is 68.5 Å². The average Bonchev–Trinajstić information content (AvgIpc) is 2.98. The number of rotatable bonds is 7.